The molecule has 0 fully saturated rings. The molecule has 0 aliphatic rings. The normalized spacial score (nSPS) is 11.2. The van der Waals surface area contributed by atoms with Crippen LogP contribution >= 0.6 is 0 Å². The Hall–Kier alpha value is -3.66. The van der Waals surface area contributed by atoms with Crippen LogP contribution < -0.4 is 0 Å². The Bertz CT molecular complexity index is 1040. The van der Waals surface area contributed by atoms with Gasteiger partial charge in [-0.05, 0) is 53.5 Å². The minimum atomic E-state index is -0.920. The molecule has 0 saturated carbocycles. The summed E-state index contributed by atoms with van der Waals surface area (Å²) >= 11 is 0. The molecule has 0 unspecified atom stereocenters. The smallest absolute Gasteiger partial charge is 0.331 e. The lowest BCUT2D eigenvalue weighted by Crippen LogP contribution is -2.26. The fraction of sp³-hybridized carbons (Fsp3) is 0.120. The number of hydrogen-bond acceptors (Lipinski definition) is 2. The van der Waals surface area contributed by atoms with E-state index in [0.717, 1.165) is 22.3 Å². The molecule has 0 atom stereocenters. The Kier molecular flexibility index (Phi) is 6.25. The highest BCUT2D eigenvalue weighted by atomic mass is 16.4. The fourth-order valence-electron chi connectivity index (χ4n) is 3.08. The van der Waals surface area contributed by atoms with Gasteiger partial charge in [-0.3, -0.25) is 4.79 Å². The molecule has 4 heteroatoms. The molecule has 0 radical (unpaired) electrons. The monoisotopic (exact) mass is 385 g/mol. The Balaban J connectivity index is 1.75. The molecule has 3 aromatic rings. The van der Waals surface area contributed by atoms with Crippen molar-refractivity contribution in [3.05, 3.63) is 101 Å². The summed E-state index contributed by atoms with van der Waals surface area (Å²) in [5, 5.41) is 8.99. The maximum Gasteiger partial charge on any atom is 0.331 e. The Morgan fingerprint density at radius 3 is 2.24 bits per heavy atom. The minimum absolute atomic E-state index is 0.0130. The molecule has 0 spiro atoms. The number of carbonyl (C=O) groups is 2. The number of benzene rings is 3. The third kappa shape index (κ3) is 5.20. The molecular formula is C25H23NO3. The van der Waals surface area contributed by atoms with Crippen LogP contribution in [0, 0.1) is 0 Å². The van der Waals surface area contributed by atoms with Gasteiger partial charge in [0.25, 0.3) is 5.91 Å². The summed E-state index contributed by atoms with van der Waals surface area (Å²) in [7, 11) is 1.80. The summed E-state index contributed by atoms with van der Waals surface area (Å²) in [5.41, 5.74) is 4.94. The van der Waals surface area contributed by atoms with Gasteiger partial charge in [0.15, 0.2) is 0 Å². The largest absolute Gasteiger partial charge is 0.478 e. The first-order valence-corrected chi connectivity index (χ1v) is 9.35. The molecule has 0 bridgehead atoms. The van der Waals surface area contributed by atoms with Gasteiger partial charge in [-0.15, -0.1) is 0 Å². The first-order chi connectivity index (χ1) is 13.9. The first-order valence-electron chi connectivity index (χ1n) is 9.35. The van der Waals surface area contributed by atoms with E-state index in [1.54, 1.807) is 24.9 Å². The summed E-state index contributed by atoms with van der Waals surface area (Å²) in [5.74, 6) is -0.933. The van der Waals surface area contributed by atoms with Crippen molar-refractivity contribution in [3.8, 4) is 11.1 Å². The molecule has 1 amide bonds. The molecule has 4 nitrogen and oxygen atoms in total. The van der Waals surface area contributed by atoms with E-state index >= 15 is 0 Å². The molecule has 0 aliphatic carbocycles. The molecule has 0 heterocycles. The zero-order valence-corrected chi connectivity index (χ0v) is 16.5. The van der Waals surface area contributed by atoms with Crippen molar-refractivity contribution in [1.29, 1.82) is 0 Å². The van der Waals surface area contributed by atoms with Crippen LogP contribution in [0.2, 0.25) is 0 Å². The van der Waals surface area contributed by atoms with Crippen molar-refractivity contribution < 1.29 is 14.7 Å². The predicted molar refractivity (Wildman–Crippen MR) is 115 cm³/mol. The number of carboxylic acids is 1. The van der Waals surface area contributed by atoms with Crippen LogP contribution in [-0.2, 0) is 11.3 Å². The van der Waals surface area contributed by atoms with Crippen molar-refractivity contribution in [2.75, 3.05) is 7.05 Å². The lowest BCUT2D eigenvalue weighted by molar-refractivity contribution is -0.132. The van der Waals surface area contributed by atoms with Crippen molar-refractivity contribution >= 4 is 18.0 Å². The maximum atomic E-state index is 12.6. The lowest BCUT2D eigenvalue weighted by atomic mass is 10.0. The van der Waals surface area contributed by atoms with Crippen molar-refractivity contribution in [2.24, 2.45) is 0 Å². The van der Waals surface area contributed by atoms with E-state index in [1.807, 2.05) is 72.8 Å². The number of nitrogens with zero attached hydrogens (tertiary/aromatic N) is 1. The molecule has 0 aromatic heterocycles. The Morgan fingerprint density at radius 1 is 0.897 bits per heavy atom. The van der Waals surface area contributed by atoms with Crippen molar-refractivity contribution in [3.63, 3.8) is 0 Å². The van der Waals surface area contributed by atoms with E-state index in [4.69, 9.17) is 5.11 Å². The number of aliphatic carboxylic acids is 1. The number of carbonyl (C=O) groups excluding carboxylic acids is 1. The third-order valence-electron chi connectivity index (χ3n) is 4.68. The van der Waals surface area contributed by atoms with Crippen molar-refractivity contribution in [2.45, 2.75) is 13.5 Å². The van der Waals surface area contributed by atoms with Gasteiger partial charge in [0.1, 0.15) is 0 Å². The minimum Gasteiger partial charge on any atom is -0.478 e. The molecule has 0 saturated heterocycles. The molecule has 0 aliphatic heterocycles. The predicted octanol–water partition coefficient (Wildman–Crippen LogP) is 5.11. The van der Waals surface area contributed by atoms with Crippen LogP contribution in [0.15, 0.2) is 84.4 Å². The summed E-state index contributed by atoms with van der Waals surface area (Å²) in [4.78, 5) is 25.2. The highest BCUT2D eigenvalue weighted by Crippen LogP contribution is 2.22. The van der Waals surface area contributed by atoms with Gasteiger partial charge < -0.3 is 10.0 Å². The van der Waals surface area contributed by atoms with Crippen LogP contribution in [0.25, 0.3) is 17.2 Å². The standard InChI is InChI=1S/C25H23NO3/c1-18(25(28)29)15-19-11-13-21(14-12-19)23-10-6-7-20(16-23)17-26(2)24(27)22-8-4-3-5-9-22/h3-16H,17H2,1-2H3,(H,28,29)/b18-15+. The molecular weight excluding hydrogens is 362 g/mol. The summed E-state index contributed by atoms with van der Waals surface area (Å²) in [6.07, 6.45) is 1.65. The number of rotatable bonds is 6. The number of carboxylic acid groups (broad SMARTS) is 1. The lowest BCUT2D eigenvalue weighted by Gasteiger charge is -2.18. The number of amides is 1. The van der Waals surface area contributed by atoms with Crippen LogP contribution in [0.4, 0.5) is 0 Å². The molecule has 1 N–H and O–H groups in total. The number of hydrogen-bond donors (Lipinski definition) is 1. The SMILES string of the molecule is C/C(=C\c1ccc(-c2cccc(CN(C)C(=O)c3ccccc3)c2)cc1)C(=O)O. The highest BCUT2D eigenvalue weighted by molar-refractivity contribution is 5.94. The quantitative estimate of drug-likeness (QED) is 0.600. The molecule has 146 valence electrons. The zero-order chi connectivity index (χ0) is 20.8. The average Bonchev–Trinajstić information content (AvgIpc) is 2.74. The van der Waals surface area contributed by atoms with Gasteiger partial charge in [0, 0.05) is 24.7 Å². The second-order valence-electron chi connectivity index (χ2n) is 6.98. The zero-order valence-electron chi connectivity index (χ0n) is 16.5. The summed E-state index contributed by atoms with van der Waals surface area (Å²) < 4.78 is 0. The molecule has 29 heavy (non-hydrogen) atoms. The van der Waals surface area contributed by atoms with Gasteiger partial charge in [-0.2, -0.15) is 0 Å². The third-order valence-corrected chi connectivity index (χ3v) is 4.68. The van der Waals surface area contributed by atoms with E-state index in [0.29, 0.717) is 17.7 Å². The van der Waals surface area contributed by atoms with Crippen LogP contribution in [0.5, 0.6) is 0 Å². The molecule has 3 aromatic carbocycles. The van der Waals surface area contributed by atoms with Gasteiger partial charge in [0.05, 0.1) is 0 Å². The van der Waals surface area contributed by atoms with Crippen LogP contribution in [-0.4, -0.2) is 28.9 Å². The topological polar surface area (TPSA) is 57.6 Å². The second kappa shape index (κ2) is 9.02. The maximum absolute atomic E-state index is 12.6. The van der Waals surface area contributed by atoms with Gasteiger partial charge in [-0.25, -0.2) is 4.79 Å². The van der Waals surface area contributed by atoms with Gasteiger partial charge >= 0.3 is 5.97 Å². The summed E-state index contributed by atoms with van der Waals surface area (Å²) in [6.45, 7) is 2.09. The van der Waals surface area contributed by atoms with E-state index < -0.39 is 5.97 Å². The van der Waals surface area contributed by atoms with Crippen LogP contribution in [0.1, 0.15) is 28.4 Å². The van der Waals surface area contributed by atoms with Crippen LogP contribution in [0.3, 0.4) is 0 Å². The average molecular weight is 385 g/mol. The first kappa shape index (κ1) is 20.1. The highest BCUT2D eigenvalue weighted by Gasteiger charge is 2.12. The molecule has 3 rings (SSSR count). The second-order valence-corrected chi connectivity index (χ2v) is 6.98. The van der Waals surface area contributed by atoms with E-state index in [1.165, 1.54) is 0 Å². The van der Waals surface area contributed by atoms with E-state index in [-0.39, 0.29) is 5.91 Å². The fourth-order valence-corrected chi connectivity index (χ4v) is 3.08. The Labute approximate surface area is 170 Å². The Morgan fingerprint density at radius 2 is 1.59 bits per heavy atom. The van der Waals surface area contributed by atoms with Crippen molar-refractivity contribution in [1.82, 2.24) is 4.90 Å². The van der Waals surface area contributed by atoms with E-state index in [2.05, 4.69) is 6.07 Å². The summed E-state index contributed by atoms with van der Waals surface area (Å²) in [6, 6.07) is 25.1. The van der Waals surface area contributed by atoms with Gasteiger partial charge in [-0.1, -0.05) is 60.7 Å². The van der Waals surface area contributed by atoms with E-state index in [9.17, 15) is 9.59 Å². The van der Waals surface area contributed by atoms with Gasteiger partial charge in [0.2, 0.25) is 0 Å².